The second-order valence-corrected chi connectivity index (χ2v) is 5.80. The van der Waals surface area contributed by atoms with Crippen molar-refractivity contribution in [3.63, 3.8) is 0 Å². The molecule has 21 heavy (non-hydrogen) atoms. The fourth-order valence-corrected chi connectivity index (χ4v) is 1.92. The first-order chi connectivity index (χ1) is 9.74. The Morgan fingerprint density at radius 3 is 2.38 bits per heavy atom. The molecule has 0 aliphatic carbocycles. The van der Waals surface area contributed by atoms with Crippen LogP contribution in [0.1, 0.15) is 38.2 Å². The molecule has 0 saturated heterocycles. The maximum atomic E-state index is 12.5. The van der Waals surface area contributed by atoms with Gasteiger partial charge in [0.2, 0.25) is 11.5 Å². The van der Waals surface area contributed by atoms with Gasteiger partial charge in [0.1, 0.15) is 11.3 Å². The lowest BCUT2D eigenvalue weighted by Gasteiger charge is -2.15. The maximum absolute atomic E-state index is 12.5. The minimum Gasteiger partial charge on any atom is -0.497 e. The van der Waals surface area contributed by atoms with Crippen molar-refractivity contribution in [2.24, 2.45) is 5.41 Å². The van der Waals surface area contributed by atoms with E-state index in [9.17, 15) is 9.59 Å². The Hall–Kier alpha value is -2.30. The molecular weight excluding hydrogens is 272 g/mol. The average molecular weight is 290 g/mol. The first-order valence-electron chi connectivity index (χ1n) is 6.58. The van der Waals surface area contributed by atoms with Gasteiger partial charge in [0.25, 0.3) is 0 Å². The molecular formula is C16H18O5. The van der Waals surface area contributed by atoms with Crippen molar-refractivity contribution in [2.75, 3.05) is 7.11 Å². The summed E-state index contributed by atoms with van der Waals surface area (Å²) in [4.78, 5) is 23.8. The van der Waals surface area contributed by atoms with Crippen LogP contribution >= 0.6 is 0 Å². The van der Waals surface area contributed by atoms with Gasteiger partial charge in [0.05, 0.1) is 12.5 Å². The largest absolute Gasteiger partial charge is 0.497 e. The minimum absolute atomic E-state index is 0.0564. The van der Waals surface area contributed by atoms with Gasteiger partial charge in [0, 0.05) is 12.3 Å². The third-order valence-corrected chi connectivity index (χ3v) is 2.98. The molecule has 2 rings (SSSR count). The average Bonchev–Trinajstić information content (AvgIpc) is 2.74. The lowest BCUT2D eigenvalue weighted by atomic mass is 9.89. The van der Waals surface area contributed by atoms with Gasteiger partial charge >= 0.3 is 5.97 Å². The second-order valence-electron chi connectivity index (χ2n) is 5.80. The van der Waals surface area contributed by atoms with Crippen molar-refractivity contribution >= 4 is 22.7 Å². The number of carbonyl (C=O) groups excluding carboxylic acids is 2. The van der Waals surface area contributed by atoms with Crippen LogP contribution in [0.2, 0.25) is 0 Å². The highest BCUT2D eigenvalue weighted by Gasteiger charge is 2.31. The summed E-state index contributed by atoms with van der Waals surface area (Å²) in [7, 11) is 1.54. The molecule has 0 saturated carbocycles. The van der Waals surface area contributed by atoms with Crippen molar-refractivity contribution in [3.8, 4) is 11.5 Å². The Morgan fingerprint density at radius 1 is 1.19 bits per heavy atom. The Morgan fingerprint density at radius 2 is 1.86 bits per heavy atom. The van der Waals surface area contributed by atoms with Crippen LogP contribution < -0.4 is 9.47 Å². The molecule has 5 heteroatoms. The van der Waals surface area contributed by atoms with E-state index in [2.05, 4.69) is 0 Å². The van der Waals surface area contributed by atoms with Crippen LogP contribution in [-0.4, -0.2) is 18.9 Å². The Labute approximate surface area is 122 Å². The molecule has 5 nitrogen and oxygen atoms in total. The molecule has 1 aromatic heterocycles. The maximum Gasteiger partial charge on any atom is 0.308 e. The van der Waals surface area contributed by atoms with E-state index in [0.29, 0.717) is 16.7 Å². The smallest absolute Gasteiger partial charge is 0.308 e. The van der Waals surface area contributed by atoms with E-state index in [-0.39, 0.29) is 17.3 Å². The molecule has 0 aliphatic heterocycles. The second kappa shape index (κ2) is 5.24. The van der Waals surface area contributed by atoms with Crippen LogP contribution in [-0.2, 0) is 4.79 Å². The van der Waals surface area contributed by atoms with E-state index in [1.165, 1.54) is 14.0 Å². The summed E-state index contributed by atoms with van der Waals surface area (Å²) in [6.07, 6.45) is 0. The highest BCUT2D eigenvalue weighted by Crippen LogP contribution is 2.38. The number of furan rings is 1. The number of Topliss-reactive ketones (excluding diaryl/α,β-unsaturated/α-hetero) is 1. The molecule has 0 atom stereocenters. The Kier molecular flexibility index (Phi) is 3.77. The van der Waals surface area contributed by atoms with Crippen molar-refractivity contribution in [3.05, 3.63) is 24.0 Å². The van der Waals surface area contributed by atoms with E-state index in [4.69, 9.17) is 13.9 Å². The van der Waals surface area contributed by atoms with Gasteiger partial charge in [-0.25, -0.2) is 0 Å². The molecule has 0 N–H and O–H groups in total. The molecule has 0 spiro atoms. The van der Waals surface area contributed by atoms with Crippen LogP contribution in [0.15, 0.2) is 22.6 Å². The first-order valence-corrected chi connectivity index (χ1v) is 6.58. The van der Waals surface area contributed by atoms with Crippen molar-refractivity contribution in [1.29, 1.82) is 0 Å². The van der Waals surface area contributed by atoms with E-state index in [0.717, 1.165) is 0 Å². The normalized spacial score (nSPS) is 11.5. The van der Waals surface area contributed by atoms with Crippen LogP contribution in [0, 0.1) is 5.41 Å². The lowest BCUT2D eigenvalue weighted by Crippen LogP contribution is -2.20. The molecule has 112 valence electrons. The highest BCUT2D eigenvalue weighted by molar-refractivity contribution is 6.06. The quantitative estimate of drug-likeness (QED) is 0.638. The van der Waals surface area contributed by atoms with Gasteiger partial charge in [0.15, 0.2) is 5.75 Å². The Balaban J connectivity index is 2.69. The van der Waals surface area contributed by atoms with E-state index in [1.807, 2.05) is 0 Å². The summed E-state index contributed by atoms with van der Waals surface area (Å²) in [6.45, 7) is 6.62. The van der Waals surface area contributed by atoms with Gasteiger partial charge < -0.3 is 13.9 Å². The molecule has 1 heterocycles. The molecule has 0 amide bonds. The molecule has 0 aliphatic rings. The number of fused-ring (bicyclic) bond motifs is 1. The summed E-state index contributed by atoms with van der Waals surface area (Å²) in [5, 5.41) is 0.539. The molecule has 0 bridgehead atoms. The van der Waals surface area contributed by atoms with Crippen molar-refractivity contribution in [1.82, 2.24) is 0 Å². The topological polar surface area (TPSA) is 65.7 Å². The molecule has 0 radical (unpaired) electrons. The number of benzene rings is 1. The third-order valence-electron chi connectivity index (χ3n) is 2.98. The summed E-state index contributed by atoms with van der Waals surface area (Å²) < 4.78 is 16.0. The number of ether oxygens (including phenoxy) is 2. The van der Waals surface area contributed by atoms with Gasteiger partial charge in [-0.15, -0.1) is 0 Å². The van der Waals surface area contributed by atoms with Crippen LogP contribution in [0.3, 0.4) is 0 Å². The summed E-state index contributed by atoms with van der Waals surface area (Å²) in [6, 6.07) is 5.08. The first kappa shape index (κ1) is 15.1. The highest BCUT2D eigenvalue weighted by atomic mass is 16.5. The standard InChI is InChI=1S/C16H18O5/c1-9(17)20-13-11-8-10(19-5)6-7-12(11)21-14(13)15(18)16(2,3)4/h6-8H,1-5H3. The fraction of sp³-hybridized carbons (Fsp3) is 0.375. The number of rotatable bonds is 3. The lowest BCUT2D eigenvalue weighted by molar-refractivity contribution is -0.131. The summed E-state index contributed by atoms with van der Waals surface area (Å²) in [5.74, 6) is 0.0566. The van der Waals surface area contributed by atoms with Gasteiger partial charge in [-0.3, -0.25) is 9.59 Å². The molecule has 1 aromatic carbocycles. The number of ketones is 1. The van der Waals surface area contributed by atoms with Crippen LogP contribution in [0.5, 0.6) is 11.5 Å². The number of hydrogen-bond donors (Lipinski definition) is 0. The fourth-order valence-electron chi connectivity index (χ4n) is 1.92. The zero-order valence-corrected chi connectivity index (χ0v) is 12.8. The number of esters is 1. The zero-order chi connectivity index (χ0) is 15.8. The number of hydrogen-bond acceptors (Lipinski definition) is 5. The van der Waals surface area contributed by atoms with Crippen LogP contribution in [0.4, 0.5) is 0 Å². The molecule has 0 fully saturated rings. The third kappa shape index (κ3) is 2.91. The van der Waals surface area contributed by atoms with Gasteiger partial charge in [-0.1, -0.05) is 20.8 Å². The minimum atomic E-state index is -0.646. The number of methoxy groups -OCH3 is 1. The monoisotopic (exact) mass is 290 g/mol. The van der Waals surface area contributed by atoms with E-state index < -0.39 is 11.4 Å². The summed E-state index contributed by atoms with van der Waals surface area (Å²) >= 11 is 0. The molecule has 0 unspecified atom stereocenters. The van der Waals surface area contributed by atoms with E-state index >= 15 is 0 Å². The van der Waals surface area contributed by atoms with Crippen molar-refractivity contribution in [2.45, 2.75) is 27.7 Å². The Bertz CT molecular complexity index is 703. The molecule has 2 aromatic rings. The van der Waals surface area contributed by atoms with Gasteiger partial charge in [-0.2, -0.15) is 0 Å². The SMILES string of the molecule is COc1ccc2oc(C(=O)C(C)(C)C)c(OC(C)=O)c2c1. The predicted molar refractivity (Wildman–Crippen MR) is 77.9 cm³/mol. The number of carbonyl (C=O) groups is 2. The van der Waals surface area contributed by atoms with Crippen LogP contribution in [0.25, 0.3) is 11.0 Å². The van der Waals surface area contributed by atoms with E-state index in [1.54, 1.807) is 39.0 Å². The zero-order valence-electron chi connectivity index (χ0n) is 12.8. The van der Waals surface area contributed by atoms with Crippen molar-refractivity contribution < 1.29 is 23.5 Å². The summed E-state index contributed by atoms with van der Waals surface area (Å²) in [5.41, 5.74) is -0.174. The predicted octanol–water partition coefficient (Wildman–Crippen LogP) is 3.60. The van der Waals surface area contributed by atoms with Gasteiger partial charge in [-0.05, 0) is 18.2 Å².